The van der Waals surface area contributed by atoms with Crippen molar-refractivity contribution in [1.29, 1.82) is 0 Å². The number of hydrogen-bond donors (Lipinski definition) is 2. The minimum absolute atomic E-state index is 0.0705. The van der Waals surface area contributed by atoms with Crippen LogP contribution in [0, 0.1) is 11.8 Å². The smallest absolute Gasteiger partial charge is 0.324 e. The van der Waals surface area contributed by atoms with Crippen LogP contribution in [0.2, 0.25) is 0 Å². The molecule has 2 heterocycles. The first-order chi connectivity index (χ1) is 12.7. The number of rotatable bonds is 5. The van der Waals surface area contributed by atoms with E-state index in [9.17, 15) is 9.59 Å². The fourth-order valence-electron chi connectivity index (χ4n) is 4.61. The standard InChI is InChI=1S/C21H27N3O2/c1-2-14-6-5-7-15(10-14)13-24-20(25)19(23-21(24)26)11-16-12-22-18-9-4-3-8-17(16)18/h3-4,8-9,12,14-15,19,22H,2,5-7,10-11,13H2,1H3,(H,23,26)/t14-,15?,19+/m1/s1. The molecule has 5 nitrogen and oxygen atoms in total. The molecule has 2 N–H and O–H groups in total. The lowest BCUT2D eigenvalue weighted by Gasteiger charge is -2.30. The molecule has 3 atom stereocenters. The van der Waals surface area contributed by atoms with Crippen molar-refractivity contribution < 1.29 is 9.59 Å². The molecular formula is C21H27N3O2. The van der Waals surface area contributed by atoms with Gasteiger partial charge in [0.2, 0.25) is 0 Å². The fourth-order valence-corrected chi connectivity index (χ4v) is 4.61. The second kappa shape index (κ2) is 7.14. The second-order valence-corrected chi connectivity index (χ2v) is 7.82. The van der Waals surface area contributed by atoms with Gasteiger partial charge in [0.25, 0.3) is 5.91 Å². The third kappa shape index (κ3) is 3.22. The van der Waals surface area contributed by atoms with Crippen LogP contribution in [0.25, 0.3) is 10.9 Å². The number of carbonyl (C=O) groups excluding carboxylic acids is 2. The number of benzene rings is 1. The third-order valence-electron chi connectivity index (χ3n) is 6.12. The van der Waals surface area contributed by atoms with Crippen molar-refractivity contribution in [3.8, 4) is 0 Å². The van der Waals surface area contributed by atoms with Crippen molar-refractivity contribution in [3.63, 3.8) is 0 Å². The second-order valence-electron chi connectivity index (χ2n) is 7.82. The number of aromatic amines is 1. The maximum atomic E-state index is 12.8. The van der Waals surface area contributed by atoms with Crippen LogP contribution in [-0.4, -0.2) is 34.4 Å². The topological polar surface area (TPSA) is 65.2 Å². The number of nitrogens with one attached hydrogen (secondary N) is 2. The highest BCUT2D eigenvalue weighted by atomic mass is 16.2. The molecule has 2 aliphatic rings. The van der Waals surface area contributed by atoms with E-state index in [4.69, 9.17) is 0 Å². The molecule has 3 amide bonds. The SMILES string of the molecule is CC[C@@H]1CCCC(CN2C(=O)N[C@@H](Cc3c[nH]c4ccccc34)C2=O)C1. The third-order valence-corrected chi connectivity index (χ3v) is 6.12. The minimum Gasteiger partial charge on any atom is -0.361 e. The lowest BCUT2D eigenvalue weighted by atomic mass is 9.80. The zero-order valence-corrected chi connectivity index (χ0v) is 15.3. The number of nitrogens with zero attached hydrogens (tertiary/aromatic N) is 1. The summed E-state index contributed by atoms with van der Waals surface area (Å²) < 4.78 is 0. The first-order valence-electron chi connectivity index (χ1n) is 9.82. The van der Waals surface area contributed by atoms with Gasteiger partial charge in [-0.3, -0.25) is 9.69 Å². The van der Waals surface area contributed by atoms with Crippen LogP contribution in [0.15, 0.2) is 30.5 Å². The zero-order chi connectivity index (χ0) is 18.1. The molecule has 1 saturated heterocycles. The Hall–Kier alpha value is -2.30. The predicted octanol–water partition coefficient (Wildman–Crippen LogP) is 3.85. The summed E-state index contributed by atoms with van der Waals surface area (Å²) in [6, 6.07) is 7.38. The van der Waals surface area contributed by atoms with Crippen molar-refractivity contribution in [2.75, 3.05) is 6.54 Å². The number of imide groups is 1. The normalized spacial score (nSPS) is 26.5. The summed E-state index contributed by atoms with van der Waals surface area (Å²) in [7, 11) is 0. The molecule has 4 rings (SSSR count). The summed E-state index contributed by atoms with van der Waals surface area (Å²) in [6.07, 6.45) is 8.44. The van der Waals surface area contributed by atoms with E-state index in [-0.39, 0.29) is 11.9 Å². The first-order valence-corrected chi connectivity index (χ1v) is 9.82. The van der Waals surface area contributed by atoms with E-state index >= 15 is 0 Å². The molecule has 2 aromatic rings. The van der Waals surface area contributed by atoms with Gasteiger partial charge in [-0.05, 0) is 36.3 Å². The van der Waals surface area contributed by atoms with Crippen LogP contribution < -0.4 is 5.32 Å². The van der Waals surface area contributed by atoms with Gasteiger partial charge in [0, 0.05) is 30.1 Å². The predicted molar refractivity (Wildman–Crippen MR) is 102 cm³/mol. The van der Waals surface area contributed by atoms with Crippen molar-refractivity contribution in [1.82, 2.24) is 15.2 Å². The van der Waals surface area contributed by atoms with Crippen LogP contribution in [-0.2, 0) is 11.2 Å². The Labute approximate surface area is 154 Å². The van der Waals surface area contributed by atoms with E-state index in [1.807, 2.05) is 30.5 Å². The van der Waals surface area contributed by atoms with E-state index in [1.165, 1.54) is 24.2 Å². The molecule has 1 aromatic carbocycles. The molecule has 2 fully saturated rings. The molecule has 26 heavy (non-hydrogen) atoms. The Morgan fingerprint density at radius 1 is 1.15 bits per heavy atom. The average molecular weight is 353 g/mol. The van der Waals surface area contributed by atoms with Gasteiger partial charge >= 0.3 is 6.03 Å². The zero-order valence-electron chi connectivity index (χ0n) is 15.3. The molecule has 0 spiro atoms. The number of fused-ring (bicyclic) bond motifs is 1. The van der Waals surface area contributed by atoms with Crippen molar-refractivity contribution in [2.45, 2.75) is 51.5 Å². The summed E-state index contributed by atoms with van der Waals surface area (Å²) in [6.45, 7) is 2.81. The van der Waals surface area contributed by atoms with Crippen LogP contribution in [0.5, 0.6) is 0 Å². The number of urea groups is 1. The number of hydrogen-bond acceptors (Lipinski definition) is 2. The Kier molecular flexibility index (Phi) is 4.70. The number of para-hydroxylation sites is 1. The van der Waals surface area contributed by atoms with Gasteiger partial charge in [-0.2, -0.15) is 0 Å². The quantitative estimate of drug-likeness (QED) is 0.802. The Bertz CT molecular complexity index is 812. The molecule has 1 aliphatic heterocycles. The number of aromatic nitrogens is 1. The highest BCUT2D eigenvalue weighted by molar-refractivity contribution is 6.04. The van der Waals surface area contributed by atoms with Crippen LogP contribution in [0.3, 0.4) is 0 Å². The summed E-state index contributed by atoms with van der Waals surface area (Å²) in [5, 5.41) is 4.01. The van der Waals surface area contributed by atoms with Gasteiger partial charge in [0.15, 0.2) is 0 Å². The fraction of sp³-hybridized carbons (Fsp3) is 0.524. The van der Waals surface area contributed by atoms with Gasteiger partial charge in [0.05, 0.1) is 0 Å². The minimum atomic E-state index is -0.452. The molecule has 1 saturated carbocycles. The lowest BCUT2D eigenvalue weighted by molar-refractivity contribution is -0.128. The summed E-state index contributed by atoms with van der Waals surface area (Å²) in [5.74, 6) is 1.13. The maximum absolute atomic E-state index is 12.8. The molecule has 1 unspecified atom stereocenters. The Balaban J connectivity index is 1.43. The van der Waals surface area contributed by atoms with E-state index in [0.29, 0.717) is 18.9 Å². The van der Waals surface area contributed by atoms with Gasteiger partial charge in [-0.25, -0.2) is 4.79 Å². The molecule has 1 aromatic heterocycles. The van der Waals surface area contributed by atoms with Gasteiger partial charge in [-0.1, -0.05) is 44.4 Å². The molecule has 0 bridgehead atoms. The van der Waals surface area contributed by atoms with E-state index in [2.05, 4.69) is 17.2 Å². The number of amides is 3. The Morgan fingerprint density at radius 2 is 1.96 bits per heavy atom. The van der Waals surface area contributed by atoms with Gasteiger partial charge < -0.3 is 10.3 Å². The van der Waals surface area contributed by atoms with Crippen LogP contribution in [0.4, 0.5) is 4.79 Å². The highest BCUT2D eigenvalue weighted by Crippen LogP contribution is 2.32. The molecule has 5 heteroatoms. The Morgan fingerprint density at radius 3 is 2.81 bits per heavy atom. The average Bonchev–Trinajstić information content (AvgIpc) is 3.19. The number of carbonyl (C=O) groups is 2. The maximum Gasteiger partial charge on any atom is 0.324 e. The van der Waals surface area contributed by atoms with Gasteiger partial charge in [0.1, 0.15) is 6.04 Å². The summed E-state index contributed by atoms with van der Waals surface area (Å²) in [4.78, 5) is 29.9. The molecule has 1 aliphatic carbocycles. The van der Waals surface area contributed by atoms with Crippen LogP contribution >= 0.6 is 0 Å². The lowest BCUT2D eigenvalue weighted by Crippen LogP contribution is -2.37. The largest absolute Gasteiger partial charge is 0.361 e. The monoisotopic (exact) mass is 353 g/mol. The van der Waals surface area contributed by atoms with Crippen molar-refractivity contribution in [2.24, 2.45) is 11.8 Å². The highest BCUT2D eigenvalue weighted by Gasteiger charge is 2.39. The van der Waals surface area contributed by atoms with Crippen LogP contribution in [0.1, 0.15) is 44.6 Å². The van der Waals surface area contributed by atoms with E-state index < -0.39 is 6.04 Å². The van der Waals surface area contributed by atoms with Crippen molar-refractivity contribution in [3.05, 3.63) is 36.0 Å². The summed E-state index contributed by atoms with van der Waals surface area (Å²) >= 11 is 0. The van der Waals surface area contributed by atoms with Crippen molar-refractivity contribution >= 4 is 22.8 Å². The molecular weight excluding hydrogens is 326 g/mol. The molecule has 138 valence electrons. The van der Waals surface area contributed by atoms with E-state index in [1.54, 1.807) is 0 Å². The number of H-pyrrole nitrogens is 1. The summed E-state index contributed by atoms with van der Waals surface area (Å²) in [5.41, 5.74) is 2.13. The first kappa shape index (κ1) is 17.1. The van der Waals surface area contributed by atoms with E-state index in [0.717, 1.165) is 35.2 Å². The van der Waals surface area contributed by atoms with Gasteiger partial charge in [-0.15, -0.1) is 0 Å². The molecule has 0 radical (unpaired) electrons.